The predicted octanol–water partition coefficient (Wildman–Crippen LogP) is 0.888. The molecule has 0 aliphatic heterocycles. The molecule has 1 N–H and O–H groups in total. The molecule has 2 heterocycles. The van der Waals surface area contributed by atoms with Crippen molar-refractivity contribution < 1.29 is 5.11 Å². The van der Waals surface area contributed by atoms with E-state index in [0.717, 1.165) is 18.7 Å². The van der Waals surface area contributed by atoms with Crippen molar-refractivity contribution in [3.05, 3.63) is 27.6 Å². The van der Waals surface area contributed by atoms with Gasteiger partial charge in [-0.2, -0.15) is 9.61 Å². The first kappa shape index (κ1) is 13.7. The monoisotopic (exact) mass is 294 g/mol. The van der Waals surface area contributed by atoms with Gasteiger partial charge in [0.25, 0.3) is 5.56 Å². The van der Waals surface area contributed by atoms with E-state index < -0.39 is 0 Å². The van der Waals surface area contributed by atoms with Gasteiger partial charge in [-0.05, 0) is 19.3 Å². The normalized spacial score (nSPS) is 15.9. The van der Waals surface area contributed by atoms with Gasteiger partial charge >= 0.3 is 0 Å². The maximum absolute atomic E-state index is 11.9. The fourth-order valence-corrected chi connectivity index (χ4v) is 3.15. The average Bonchev–Trinajstić information content (AvgIpc) is 2.82. The fourth-order valence-electron chi connectivity index (χ4n) is 2.51. The van der Waals surface area contributed by atoms with Gasteiger partial charge in [-0.15, -0.1) is 0 Å². The van der Waals surface area contributed by atoms with Gasteiger partial charge in [0.1, 0.15) is 5.51 Å². The van der Waals surface area contributed by atoms with Gasteiger partial charge in [-0.25, -0.2) is 4.98 Å². The molecule has 0 atom stereocenters. The number of hydrogen-bond donors (Lipinski definition) is 1. The number of rotatable bonds is 6. The summed E-state index contributed by atoms with van der Waals surface area (Å²) in [7, 11) is 0. The van der Waals surface area contributed by atoms with Gasteiger partial charge in [-0.3, -0.25) is 9.69 Å². The Morgan fingerprint density at radius 3 is 3.05 bits per heavy atom. The summed E-state index contributed by atoms with van der Waals surface area (Å²) in [6.45, 7) is 1.73. The number of nitrogens with zero attached hydrogens (tertiary/aromatic N) is 4. The highest BCUT2D eigenvalue weighted by Gasteiger charge is 2.25. The van der Waals surface area contributed by atoms with E-state index in [1.165, 1.54) is 35.1 Å². The largest absolute Gasteiger partial charge is 0.396 e. The first-order chi connectivity index (χ1) is 9.78. The van der Waals surface area contributed by atoms with Crippen molar-refractivity contribution in [3.8, 4) is 0 Å². The van der Waals surface area contributed by atoms with E-state index in [1.54, 1.807) is 11.6 Å². The van der Waals surface area contributed by atoms with Crippen molar-refractivity contribution in [3.63, 3.8) is 0 Å². The molecule has 3 rings (SSSR count). The lowest BCUT2D eigenvalue weighted by molar-refractivity contribution is 0.108. The van der Waals surface area contributed by atoms with E-state index in [1.807, 2.05) is 0 Å². The Hall–Kier alpha value is -1.31. The van der Waals surface area contributed by atoms with Gasteiger partial charge in [0.2, 0.25) is 4.96 Å². The quantitative estimate of drug-likeness (QED) is 0.856. The van der Waals surface area contributed by atoms with Crippen LogP contribution in [-0.4, -0.2) is 43.8 Å². The summed E-state index contributed by atoms with van der Waals surface area (Å²) in [5, 5.41) is 13.0. The van der Waals surface area contributed by atoms with Crippen molar-refractivity contribution in [2.45, 2.75) is 38.3 Å². The second-order valence-electron chi connectivity index (χ2n) is 5.15. The van der Waals surface area contributed by atoms with Gasteiger partial charge in [0, 0.05) is 31.8 Å². The van der Waals surface area contributed by atoms with Gasteiger partial charge in [-0.1, -0.05) is 17.8 Å². The van der Waals surface area contributed by atoms with Crippen LogP contribution in [0.25, 0.3) is 4.96 Å². The molecule has 0 aromatic carbocycles. The minimum atomic E-state index is -0.123. The zero-order chi connectivity index (χ0) is 13.9. The van der Waals surface area contributed by atoms with Crippen LogP contribution in [0.1, 0.15) is 31.4 Å². The summed E-state index contributed by atoms with van der Waals surface area (Å²) >= 11 is 1.37. The van der Waals surface area contributed by atoms with Crippen LogP contribution < -0.4 is 5.56 Å². The Morgan fingerprint density at radius 2 is 2.35 bits per heavy atom. The third-order valence-corrected chi connectivity index (χ3v) is 4.47. The van der Waals surface area contributed by atoms with Gasteiger partial charge in [0.05, 0.1) is 5.69 Å². The van der Waals surface area contributed by atoms with Crippen LogP contribution in [0, 0.1) is 0 Å². The summed E-state index contributed by atoms with van der Waals surface area (Å²) < 4.78 is 1.33. The minimum absolute atomic E-state index is 0.123. The smallest absolute Gasteiger partial charge is 0.275 e. The summed E-state index contributed by atoms with van der Waals surface area (Å²) in [5.74, 6) is 0. The van der Waals surface area contributed by atoms with Crippen LogP contribution in [0.5, 0.6) is 0 Å². The molecule has 0 spiro atoms. The maximum atomic E-state index is 11.9. The highest BCUT2D eigenvalue weighted by atomic mass is 32.1. The second kappa shape index (κ2) is 5.99. The number of fused-ring (bicyclic) bond motifs is 1. The molecule has 1 saturated carbocycles. The summed E-state index contributed by atoms with van der Waals surface area (Å²) in [5.41, 5.74) is 2.30. The number of aliphatic hydroxyl groups excluding tert-OH is 1. The summed E-state index contributed by atoms with van der Waals surface area (Å²) in [6.07, 6.45) is 4.43. The molecule has 108 valence electrons. The van der Waals surface area contributed by atoms with E-state index >= 15 is 0 Å². The predicted molar refractivity (Wildman–Crippen MR) is 76.9 cm³/mol. The van der Waals surface area contributed by atoms with Crippen LogP contribution in [0.3, 0.4) is 0 Å². The van der Waals surface area contributed by atoms with Crippen LogP contribution >= 0.6 is 11.3 Å². The lowest BCUT2D eigenvalue weighted by atomic mass is 9.91. The highest BCUT2D eigenvalue weighted by Crippen LogP contribution is 2.26. The molecule has 7 heteroatoms. The van der Waals surface area contributed by atoms with Crippen LogP contribution in [0.4, 0.5) is 0 Å². The molecule has 2 aromatic rings. The Kier molecular flexibility index (Phi) is 4.09. The van der Waals surface area contributed by atoms with Crippen molar-refractivity contribution in [2.75, 3.05) is 13.2 Å². The van der Waals surface area contributed by atoms with Crippen LogP contribution in [0.15, 0.2) is 16.4 Å². The van der Waals surface area contributed by atoms with E-state index in [9.17, 15) is 4.79 Å². The first-order valence-electron chi connectivity index (χ1n) is 6.95. The molecule has 1 fully saturated rings. The molecular weight excluding hydrogens is 276 g/mol. The molecule has 6 nitrogen and oxygen atoms in total. The number of hydrogen-bond acceptors (Lipinski definition) is 6. The molecule has 0 bridgehead atoms. The number of aromatic nitrogens is 3. The van der Waals surface area contributed by atoms with E-state index in [0.29, 0.717) is 17.5 Å². The molecule has 0 radical (unpaired) electrons. The number of aliphatic hydroxyl groups is 1. The van der Waals surface area contributed by atoms with E-state index in [2.05, 4.69) is 15.0 Å². The van der Waals surface area contributed by atoms with Crippen molar-refractivity contribution in [1.82, 2.24) is 19.5 Å². The lowest BCUT2D eigenvalue weighted by Gasteiger charge is -2.37. The molecule has 2 aromatic heterocycles. The molecule has 1 aliphatic carbocycles. The molecular formula is C13H18N4O2S. The van der Waals surface area contributed by atoms with Gasteiger partial charge < -0.3 is 5.11 Å². The SMILES string of the molecule is O=c1cc(CN(CCCO)C2CCC2)nc2scnn12. The Bertz CT molecular complexity index is 635. The molecule has 20 heavy (non-hydrogen) atoms. The van der Waals surface area contributed by atoms with Crippen LogP contribution in [0.2, 0.25) is 0 Å². The second-order valence-corrected chi connectivity index (χ2v) is 5.96. The zero-order valence-corrected chi connectivity index (χ0v) is 12.1. The van der Waals surface area contributed by atoms with Crippen molar-refractivity contribution >= 4 is 16.3 Å². The average molecular weight is 294 g/mol. The standard InChI is InChI=1S/C13H18N4O2S/c18-6-2-5-16(11-3-1-4-11)8-10-7-12(19)17-13(15-10)20-9-14-17/h7,9,11,18H,1-6,8H2. The van der Waals surface area contributed by atoms with Crippen molar-refractivity contribution in [2.24, 2.45) is 0 Å². The Labute approximate surface area is 120 Å². The topological polar surface area (TPSA) is 70.7 Å². The van der Waals surface area contributed by atoms with E-state index in [4.69, 9.17) is 5.11 Å². The maximum Gasteiger partial charge on any atom is 0.275 e. The third kappa shape index (κ3) is 2.74. The third-order valence-electron chi connectivity index (χ3n) is 3.80. The molecule has 1 aliphatic rings. The first-order valence-corrected chi connectivity index (χ1v) is 7.83. The molecule has 0 amide bonds. The summed E-state index contributed by atoms with van der Waals surface area (Å²) in [6, 6.07) is 2.14. The Balaban J connectivity index is 1.79. The molecule has 0 unspecified atom stereocenters. The zero-order valence-electron chi connectivity index (χ0n) is 11.2. The lowest BCUT2D eigenvalue weighted by Crippen LogP contribution is -2.40. The Morgan fingerprint density at radius 1 is 1.50 bits per heavy atom. The highest BCUT2D eigenvalue weighted by molar-refractivity contribution is 7.14. The van der Waals surface area contributed by atoms with E-state index in [-0.39, 0.29) is 12.2 Å². The summed E-state index contributed by atoms with van der Waals surface area (Å²) in [4.78, 5) is 19.4. The minimum Gasteiger partial charge on any atom is -0.396 e. The van der Waals surface area contributed by atoms with Gasteiger partial charge in [0.15, 0.2) is 0 Å². The molecule has 0 saturated heterocycles. The van der Waals surface area contributed by atoms with Crippen LogP contribution in [-0.2, 0) is 6.54 Å². The van der Waals surface area contributed by atoms with Crippen molar-refractivity contribution in [1.29, 1.82) is 0 Å². The fraction of sp³-hybridized carbons (Fsp3) is 0.615.